The van der Waals surface area contributed by atoms with E-state index in [1.807, 2.05) is 0 Å². The number of amides is 1. The van der Waals surface area contributed by atoms with Crippen molar-refractivity contribution < 1.29 is 19.6 Å². The molecule has 1 aliphatic rings. The van der Waals surface area contributed by atoms with Gasteiger partial charge in [0, 0.05) is 17.7 Å². The molecule has 3 aromatic rings. The van der Waals surface area contributed by atoms with Gasteiger partial charge in [0.2, 0.25) is 5.13 Å². The molecule has 0 radical (unpaired) electrons. The van der Waals surface area contributed by atoms with E-state index < -0.39 is 22.7 Å². The third-order valence-corrected chi connectivity index (χ3v) is 5.45. The Morgan fingerprint density at radius 3 is 2.50 bits per heavy atom. The SMILES string of the molecule is Cc1nnc(N2C(=O)C(=O)/C(=C(/O)c3ccccc3)[C@H]2c2cccc([N+](=O)[O-])c2)s1. The number of benzene rings is 2. The summed E-state index contributed by atoms with van der Waals surface area (Å²) in [6, 6.07) is 12.8. The predicted octanol–water partition coefficient (Wildman–Crippen LogP) is 3.38. The number of hydrogen-bond donors (Lipinski definition) is 1. The largest absolute Gasteiger partial charge is 0.507 e. The number of non-ortho nitro benzene ring substituents is 1. The van der Waals surface area contributed by atoms with E-state index in [-0.39, 0.29) is 22.2 Å². The first-order valence-electron chi connectivity index (χ1n) is 8.79. The van der Waals surface area contributed by atoms with Crippen LogP contribution in [-0.2, 0) is 9.59 Å². The maximum absolute atomic E-state index is 12.9. The molecule has 0 spiro atoms. The van der Waals surface area contributed by atoms with E-state index in [0.29, 0.717) is 16.1 Å². The Kier molecular flexibility index (Phi) is 4.84. The Hall–Kier alpha value is -3.92. The minimum atomic E-state index is -1.09. The Morgan fingerprint density at radius 1 is 1.13 bits per heavy atom. The second-order valence-corrected chi connectivity index (χ2v) is 7.65. The Bertz CT molecular complexity index is 1200. The van der Waals surface area contributed by atoms with E-state index in [2.05, 4.69) is 10.2 Å². The minimum Gasteiger partial charge on any atom is -0.507 e. The van der Waals surface area contributed by atoms with E-state index >= 15 is 0 Å². The predicted molar refractivity (Wildman–Crippen MR) is 109 cm³/mol. The van der Waals surface area contributed by atoms with Crippen LogP contribution in [-0.4, -0.2) is 31.9 Å². The molecular weight excluding hydrogens is 408 g/mol. The van der Waals surface area contributed by atoms with E-state index in [0.717, 1.165) is 16.2 Å². The van der Waals surface area contributed by atoms with E-state index in [4.69, 9.17) is 0 Å². The zero-order valence-corrected chi connectivity index (χ0v) is 16.4. The molecule has 1 aliphatic heterocycles. The fourth-order valence-electron chi connectivity index (χ4n) is 3.29. The highest BCUT2D eigenvalue weighted by Gasteiger charge is 2.48. The number of nitrogens with zero attached hydrogens (tertiary/aromatic N) is 4. The number of anilines is 1. The van der Waals surface area contributed by atoms with Crippen LogP contribution in [0, 0.1) is 17.0 Å². The molecule has 30 heavy (non-hydrogen) atoms. The van der Waals surface area contributed by atoms with Crippen molar-refractivity contribution >= 4 is 39.6 Å². The number of carbonyl (C=O) groups is 2. The van der Waals surface area contributed by atoms with Crippen LogP contribution < -0.4 is 4.90 Å². The third kappa shape index (κ3) is 3.22. The zero-order chi connectivity index (χ0) is 21.4. The van der Waals surface area contributed by atoms with Crippen molar-refractivity contribution in [1.82, 2.24) is 10.2 Å². The number of aliphatic hydroxyl groups excluding tert-OH is 1. The molecular formula is C20H14N4O5S. The monoisotopic (exact) mass is 422 g/mol. The van der Waals surface area contributed by atoms with Gasteiger partial charge in [-0.3, -0.25) is 24.6 Å². The lowest BCUT2D eigenvalue weighted by atomic mass is 9.95. The van der Waals surface area contributed by atoms with Crippen molar-refractivity contribution in [1.29, 1.82) is 0 Å². The molecule has 0 bridgehead atoms. The molecule has 2 aromatic carbocycles. The Labute approximate surface area is 174 Å². The second-order valence-electron chi connectivity index (χ2n) is 6.49. The van der Waals surface area contributed by atoms with Gasteiger partial charge in [0.25, 0.3) is 11.5 Å². The van der Waals surface area contributed by atoms with Gasteiger partial charge in [-0.1, -0.05) is 53.8 Å². The quantitative estimate of drug-likeness (QED) is 0.224. The highest BCUT2D eigenvalue weighted by molar-refractivity contribution is 7.15. The molecule has 2 heterocycles. The molecule has 0 unspecified atom stereocenters. The highest BCUT2D eigenvalue weighted by atomic mass is 32.1. The van der Waals surface area contributed by atoms with Gasteiger partial charge in [-0.25, -0.2) is 0 Å². The molecule has 1 N–H and O–H groups in total. The lowest BCUT2D eigenvalue weighted by Crippen LogP contribution is -2.29. The third-order valence-electron chi connectivity index (χ3n) is 4.61. The van der Waals surface area contributed by atoms with Gasteiger partial charge in [0.05, 0.1) is 16.5 Å². The summed E-state index contributed by atoms with van der Waals surface area (Å²) in [7, 11) is 0. The average Bonchev–Trinajstić information content (AvgIpc) is 3.29. The average molecular weight is 422 g/mol. The summed E-state index contributed by atoms with van der Waals surface area (Å²) < 4.78 is 0. The van der Waals surface area contributed by atoms with Crippen LogP contribution in [0.4, 0.5) is 10.8 Å². The Balaban J connectivity index is 1.97. The molecule has 150 valence electrons. The number of Topliss-reactive ketones (excluding diaryl/α,β-unsaturated/α-hetero) is 1. The summed E-state index contributed by atoms with van der Waals surface area (Å²) in [5.74, 6) is -2.16. The lowest BCUT2D eigenvalue weighted by molar-refractivity contribution is -0.384. The molecule has 1 amide bonds. The van der Waals surface area contributed by atoms with Crippen LogP contribution in [0.2, 0.25) is 0 Å². The van der Waals surface area contributed by atoms with Crippen LogP contribution in [0.1, 0.15) is 22.2 Å². The van der Waals surface area contributed by atoms with Crippen LogP contribution in [0.15, 0.2) is 60.2 Å². The summed E-state index contributed by atoms with van der Waals surface area (Å²) in [5.41, 5.74) is 0.277. The van der Waals surface area contributed by atoms with Crippen LogP contribution in [0.5, 0.6) is 0 Å². The molecule has 1 saturated heterocycles. The number of rotatable bonds is 4. The molecule has 1 aromatic heterocycles. The Morgan fingerprint density at radius 2 is 1.87 bits per heavy atom. The smallest absolute Gasteiger partial charge is 0.301 e. The van der Waals surface area contributed by atoms with Crippen molar-refractivity contribution in [2.75, 3.05) is 4.90 Å². The summed E-state index contributed by atoms with van der Waals surface area (Å²) >= 11 is 1.10. The minimum absolute atomic E-state index is 0.165. The molecule has 0 saturated carbocycles. The first-order chi connectivity index (χ1) is 14.4. The van der Waals surface area contributed by atoms with Gasteiger partial charge in [0.15, 0.2) is 0 Å². The summed E-state index contributed by atoms with van der Waals surface area (Å²) in [4.78, 5) is 37.6. The number of nitro benzene ring substituents is 1. The van der Waals surface area contributed by atoms with E-state index in [1.165, 1.54) is 18.2 Å². The summed E-state index contributed by atoms with van der Waals surface area (Å²) in [6.45, 7) is 1.70. The number of nitro groups is 1. The molecule has 0 aliphatic carbocycles. The van der Waals surface area contributed by atoms with Gasteiger partial charge < -0.3 is 5.11 Å². The van der Waals surface area contributed by atoms with Gasteiger partial charge >= 0.3 is 5.91 Å². The van der Waals surface area contributed by atoms with E-state index in [1.54, 1.807) is 43.3 Å². The molecule has 1 atom stereocenters. The first kappa shape index (κ1) is 19.4. The standard InChI is InChI=1S/C20H14N4O5S/c1-11-21-22-20(30-11)23-16(13-8-5-9-14(10-13)24(28)29)15(18(26)19(23)27)17(25)12-6-3-2-4-7-12/h2-10,16,25H,1H3/b17-15+/t16-/m1/s1. The maximum Gasteiger partial charge on any atom is 0.301 e. The topological polar surface area (TPSA) is 127 Å². The molecule has 10 heteroatoms. The molecule has 1 fully saturated rings. The number of hydrogen-bond acceptors (Lipinski definition) is 8. The highest BCUT2D eigenvalue weighted by Crippen LogP contribution is 2.43. The summed E-state index contributed by atoms with van der Waals surface area (Å²) in [5, 5.41) is 30.8. The number of carbonyl (C=O) groups excluding carboxylic acids is 2. The van der Waals surface area contributed by atoms with Crippen LogP contribution in [0.3, 0.4) is 0 Å². The van der Waals surface area contributed by atoms with Gasteiger partial charge in [0.1, 0.15) is 10.8 Å². The number of aliphatic hydroxyl groups is 1. The fourth-order valence-corrected chi connectivity index (χ4v) is 4.00. The number of ketones is 1. The number of aryl methyl sites for hydroxylation is 1. The normalized spacial score (nSPS) is 18.0. The second kappa shape index (κ2) is 7.48. The van der Waals surface area contributed by atoms with Crippen molar-refractivity contribution in [3.05, 3.63) is 86.4 Å². The van der Waals surface area contributed by atoms with Crippen LogP contribution in [0.25, 0.3) is 5.76 Å². The van der Waals surface area contributed by atoms with Gasteiger partial charge in [-0.05, 0) is 12.5 Å². The molecule has 9 nitrogen and oxygen atoms in total. The number of aromatic nitrogens is 2. The van der Waals surface area contributed by atoms with Gasteiger partial charge in [-0.15, -0.1) is 10.2 Å². The van der Waals surface area contributed by atoms with E-state index in [9.17, 15) is 24.8 Å². The van der Waals surface area contributed by atoms with Crippen LogP contribution >= 0.6 is 11.3 Å². The maximum atomic E-state index is 12.9. The van der Waals surface area contributed by atoms with Crippen molar-refractivity contribution in [3.8, 4) is 0 Å². The summed E-state index contributed by atoms with van der Waals surface area (Å²) in [6.07, 6.45) is 0. The van der Waals surface area contributed by atoms with Gasteiger partial charge in [-0.2, -0.15) is 0 Å². The zero-order valence-electron chi connectivity index (χ0n) is 15.6. The lowest BCUT2D eigenvalue weighted by Gasteiger charge is -2.22. The fraction of sp³-hybridized carbons (Fsp3) is 0.100. The first-order valence-corrected chi connectivity index (χ1v) is 9.61. The molecule has 4 rings (SSSR count). The van der Waals surface area contributed by atoms with Crippen molar-refractivity contribution in [2.45, 2.75) is 13.0 Å². The van der Waals surface area contributed by atoms with Crippen molar-refractivity contribution in [2.24, 2.45) is 0 Å². The van der Waals surface area contributed by atoms with Crippen molar-refractivity contribution in [3.63, 3.8) is 0 Å².